The number of anilines is 2. The Morgan fingerprint density at radius 2 is 1.67 bits per heavy atom. The van der Waals surface area contributed by atoms with Crippen molar-refractivity contribution in [1.82, 2.24) is 9.80 Å². The lowest BCUT2D eigenvalue weighted by Crippen LogP contribution is -2.54. The van der Waals surface area contributed by atoms with E-state index in [1.54, 1.807) is 19.1 Å². The first-order valence-electron chi connectivity index (χ1n) is 16.9. The fraction of sp³-hybridized carbons (Fsp3) is 0.474. The number of fused-ring (bicyclic) bond motifs is 2. The summed E-state index contributed by atoms with van der Waals surface area (Å²) in [6.45, 7) is 3.70. The summed E-state index contributed by atoms with van der Waals surface area (Å²) in [6, 6.07) is 19.3. The molecule has 1 saturated heterocycles. The number of hydrogen-bond donors (Lipinski definition) is 2. The minimum absolute atomic E-state index is 0.0254. The lowest BCUT2D eigenvalue weighted by molar-refractivity contribution is -0.125. The van der Waals surface area contributed by atoms with Crippen LogP contribution >= 0.6 is 0 Å². The minimum Gasteiger partial charge on any atom is -0.382 e. The van der Waals surface area contributed by atoms with Crippen LogP contribution in [0.25, 0.3) is 0 Å². The van der Waals surface area contributed by atoms with E-state index in [9.17, 15) is 9.59 Å². The molecule has 2 N–H and O–H groups in total. The molecule has 2 aliphatic carbocycles. The molecular weight excluding hydrogens is 563 g/mol. The molecule has 3 aromatic rings. The number of amides is 2. The lowest BCUT2D eigenvalue weighted by Gasteiger charge is -2.48. The number of hydrogen-bond acceptors (Lipinski definition) is 4. The molecule has 2 saturated carbocycles. The van der Waals surface area contributed by atoms with E-state index in [1.165, 1.54) is 42.9 Å². The summed E-state index contributed by atoms with van der Waals surface area (Å²) in [5.74, 6) is -1.15. The molecule has 4 atom stereocenters. The molecule has 236 valence electrons. The van der Waals surface area contributed by atoms with Crippen LogP contribution in [-0.4, -0.2) is 47.3 Å². The highest BCUT2D eigenvalue weighted by Gasteiger charge is 2.50. The molecule has 0 spiro atoms. The molecule has 2 amide bonds. The van der Waals surface area contributed by atoms with Crippen LogP contribution in [0.15, 0.2) is 60.7 Å². The van der Waals surface area contributed by atoms with Crippen LogP contribution in [-0.2, 0) is 17.8 Å². The van der Waals surface area contributed by atoms with Gasteiger partial charge in [-0.3, -0.25) is 9.59 Å². The number of carbonyl (C=O) groups excluding carboxylic acids is 2. The van der Waals surface area contributed by atoms with Crippen LogP contribution in [0, 0.1) is 24.6 Å². The molecule has 7 heteroatoms. The highest BCUT2D eigenvalue weighted by molar-refractivity contribution is 5.98. The fourth-order valence-electron chi connectivity index (χ4n) is 8.55. The SMILES string of the molecule is Cc1cccc(F)c1C(=O)N1C(c2ccc(NC3CCCC3)cc2)C(C(=O)Nc2ccc3c(c2)CCN(C)C3)C[C@@H]2CCC[C@@H]21. The number of rotatable bonds is 6. The molecule has 0 aromatic heterocycles. The summed E-state index contributed by atoms with van der Waals surface area (Å²) in [4.78, 5) is 33.1. The maximum Gasteiger partial charge on any atom is 0.257 e. The molecule has 3 fully saturated rings. The van der Waals surface area contributed by atoms with Gasteiger partial charge in [-0.05, 0) is 111 Å². The van der Waals surface area contributed by atoms with Gasteiger partial charge in [-0.2, -0.15) is 0 Å². The normalized spacial score (nSPS) is 25.1. The second-order valence-electron chi connectivity index (χ2n) is 13.9. The van der Waals surface area contributed by atoms with E-state index in [-0.39, 0.29) is 29.3 Å². The molecule has 3 aromatic carbocycles. The maximum atomic E-state index is 15.3. The van der Waals surface area contributed by atoms with Gasteiger partial charge in [0.05, 0.1) is 17.5 Å². The minimum atomic E-state index is -0.504. The van der Waals surface area contributed by atoms with Gasteiger partial charge >= 0.3 is 0 Å². The second kappa shape index (κ2) is 12.6. The molecule has 0 bridgehead atoms. The van der Waals surface area contributed by atoms with E-state index in [2.05, 4.69) is 59.0 Å². The van der Waals surface area contributed by atoms with Crippen molar-refractivity contribution in [3.8, 4) is 0 Å². The Kier molecular flexibility index (Phi) is 8.38. The predicted octanol–water partition coefficient (Wildman–Crippen LogP) is 7.49. The van der Waals surface area contributed by atoms with Gasteiger partial charge < -0.3 is 20.4 Å². The van der Waals surface area contributed by atoms with E-state index in [0.717, 1.165) is 55.7 Å². The maximum absolute atomic E-state index is 15.3. The zero-order chi connectivity index (χ0) is 31.1. The molecule has 2 aliphatic heterocycles. The third-order valence-electron chi connectivity index (χ3n) is 10.9. The van der Waals surface area contributed by atoms with E-state index in [0.29, 0.717) is 18.0 Å². The molecular formula is C38H45FN4O2. The van der Waals surface area contributed by atoms with E-state index in [4.69, 9.17) is 0 Å². The molecule has 6 nitrogen and oxygen atoms in total. The van der Waals surface area contributed by atoms with Crippen molar-refractivity contribution >= 4 is 23.2 Å². The number of likely N-dealkylation sites (tertiary alicyclic amines) is 1. The van der Waals surface area contributed by atoms with Crippen molar-refractivity contribution in [2.45, 2.75) is 89.4 Å². The quantitative estimate of drug-likeness (QED) is 0.305. The molecule has 2 unspecified atom stereocenters. The Balaban J connectivity index is 1.25. The Hall–Kier alpha value is -3.71. The van der Waals surface area contributed by atoms with Gasteiger partial charge in [0.2, 0.25) is 5.91 Å². The third kappa shape index (κ3) is 5.99. The number of aryl methyl sites for hydroxylation is 1. The topological polar surface area (TPSA) is 64.7 Å². The number of likely N-dealkylation sites (N-methyl/N-ethyl adjacent to an activating group) is 1. The summed E-state index contributed by atoms with van der Waals surface area (Å²) in [6.07, 6.45) is 9.37. The zero-order valence-corrected chi connectivity index (χ0v) is 26.5. The van der Waals surface area contributed by atoms with Gasteiger partial charge in [-0.15, -0.1) is 0 Å². The molecule has 0 radical (unpaired) electrons. The first-order valence-corrected chi connectivity index (χ1v) is 16.9. The van der Waals surface area contributed by atoms with Crippen molar-refractivity contribution in [3.05, 3.63) is 94.3 Å². The first kappa shape index (κ1) is 30.0. The van der Waals surface area contributed by atoms with Crippen LogP contribution in [0.2, 0.25) is 0 Å². The van der Waals surface area contributed by atoms with Crippen LogP contribution in [0.3, 0.4) is 0 Å². The van der Waals surface area contributed by atoms with E-state index >= 15 is 4.39 Å². The number of nitrogens with zero attached hydrogens (tertiary/aromatic N) is 2. The van der Waals surface area contributed by atoms with Crippen LogP contribution in [0.5, 0.6) is 0 Å². The van der Waals surface area contributed by atoms with Crippen LogP contribution in [0.4, 0.5) is 15.8 Å². The fourth-order valence-corrected chi connectivity index (χ4v) is 8.55. The smallest absolute Gasteiger partial charge is 0.257 e. The average Bonchev–Trinajstić information content (AvgIpc) is 3.73. The van der Waals surface area contributed by atoms with E-state index in [1.807, 2.05) is 11.0 Å². The summed E-state index contributed by atoms with van der Waals surface area (Å²) in [5, 5.41) is 6.92. The Morgan fingerprint density at radius 3 is 2.44 bits per heavy atom. The van der Waals surface area contributed by atoms with Crippen molar-refractivity contribution in [3.63, 3.8) is 0 Å². The summed E-state index contributed by atoms with van der Waals surface area (Å²) in [7, 11) is 2.13. The molecule has 4 aliphatic rings. The second-order valence-corrected chi connectivity index (χ2v) is 13.9. The highest BCUT2D eigenvalue weighted by atomic mass is 19.1. The number of piperidine rings is 1. The Labute approximate surface area is 266 Å². The van der Waals surface area contributed by atoms with E-state index < -0.39 is 17.8 Å². The lowest BCUT2D eigenvalue weighted by atomic mass is 9.76. The van der Waals surface area contributed by atoms with Gasteiger partial charge in [0.1, 0.15) is 5.82 Å². The van der Waals surface area contributed by atoms with Crippen molar-refractivity contribution < 1.29 is 14.0 Å². The highest BCUT2D eigenvalue weighted by Crippen LogP contribution is 2.49. The van der Waals surface area contributed by atoms with Crippen molar-refractivity contribution in [2.24, 2.45) is 11.8 Å². The summed E-state index contributed by atoms with van der Waals surface area (Å²) >= 11 is 0. The third-order valence-corrected chi connectivity index (χ3v) is 10.9. The van der Waals surface area contributed by atoms with Crippen molar-refractivity contribution in [2.75, 3.05) is 24.2 Å². The van der Waals surface area contributed by atoms with Gasteiger partial charge in [-0.1, -0.05) is 49.6 Å². The average molecular weight is 609 g/mol. The Morgan fingerprint density at radius 1 is 0.889 bits per heavy atom. The van der Waals surface area contributed by atoms with Gasteiger partial charge in [-0.25, -0.2) is 4.39 Å². The van der Waals surface area contributed by atoms with Crippen LogP contribution < -0.4 is 10.6 Å². The zero-order valence-electron chi connectivity index (χ0n) is 26.5. The Bertz CT molecular complexity index is 1550. The molecule has 7 rings (SSSR count). The number of halogens is 1. The summed E-state index contributed by atoms with van der Waals surface area (Å²) in [5.41, 5.74) is 6.10. The van der Waals surface area contributed by atoms with Gasteiger partial charge in [0.25, 0.3) is 5.91 Å². The van der Waals surface area contributed by atoms with Gasteiger partial charge in [0, 0.05) is 36.5 Å². The standard InChI is InChI=1S/C38H45FN4O2/c1-24-7-5-11-33(39)35(24)38(45)43-34-12-6-8-27(34)22-32(36(43)25-13-16-30(17-14-25)40-29-9-3-4-10-29)37(44)41-31-18-15-28-23-42(2)20-19-26(28)21-31/h5,7,11,13-18,21,27,29,32,34,36,40H,3-4,6,8-10,12,19-20,22-23H2,1-2H3,(H,41,44)/t27-,32?,34-,36?/m0/s1. The van der Waals surface area contributed by atoms with Crippen molar-refractivity contribution in [1.29, 1.82) is 0 Å². The molecule has 2 heterocycles. The number of carbonyl (C=O) groups is 2. The first-order chi connectivity index (χ1) is 21.9. The number of nitrogens with one attached hydrogen (secondary N) is 2. The molecule has 45 heavy (non-hydrogen) atoms. The summed E-state index contributed by atoms with van der Waals surface area (Å²) < 4.78 is 15.3. The number of benzene rings is 3. The largest absolute Gasteiger partial charge is 0.382 e. The monoisotopic (exact) mass is 608 g/mol. The van der Waals surface area contributed by atoms with Crippen LogP contribution in [0.1, 0.15) is 90.0 Å². The predicted molar refractivity (Wildman–Crippen MR) is 177 cm³/mol. The van der Waals surface area contributed by atoms with Gasteiger partial charge in [0.15, 0.2) is 0 Å².